The van der Waals surface area contributed by atoms with E-state index in [0.717, 1.165) is 50.1 Å². The number of thiophene rings is 1. The Morgan fingerprint density at radius 3 is 1.91 bits per heavy atom. The van der Waals surface area contributed by atoms with Crippen molar-refractivity contribution in [2.24, 2.45) is 0 Å². The highest BCUT2D eigenvalue weighted by Gasteiger charge is 2.19. The fourth-order valence-corrected chi connectivity index (χ4v) is 9.32. The molecule has 0 saturated carbocycles. The molecule has 0 aliphatic carbocycles. The van der Waals surface area contributed by atoms with Crippen LogP contribution in [-0.2, 0) is 0 Å². The summed E-state index contributed by atoms with van der Waals surface area (Å²) in [5.41, 5.74) is 12.2. The number of para-hydroxylation sites is 2. The zero-order chi connectivity index (χ0) is 36.3. The first-order chi connectivity index (χ1) is 27.2. The van der Waals surface area contributed by atoms with Gasteiger partial charge in [0.15, 0.2) is 0 Å². The third-order valence-electron chi connectivity index (χ3n) is 10.9. The maximum absolute atomic E-state index is 6.14. The Balaban J connectivity index is 1.07. The largest absolute Gasteiger partial charge is 0.456 e. The lowest BCUT2D eigenvalue weighted by molar-refractivity contribution is 0.669. The minimum absolute atomic E-state index is 0.907. The van der Waals surface area contributed by atoms with E-state index in [1.165, 1.54) is 53.2 Å². The van der Waals surface area contributed by atoms with Crippen LogP contribution in [0.3, 0.4) is 0 Å². The fourth-order valence-electron chi connectivity index (χ4n) is 8.23. The number of hydrogen-bond donors (Lipinski definition) is 0. The van der Waals surface area contributed by atoms with Gasteiger partial charge >= 0.3 is 0 Å². The molecule has 258 valence electrons. The van der Waals surface area contributed by atoms with E-state index in [1.54, 1.807) is 0 Å². The monoisotopic (exact) mass is 719 g/mol. The fraction of sp³-hybridized carbons (Fsp3) is 0. The van der Waals surface area contributed by atoms with Crippen LogP contribution in [0.5, 0.6) is 0 Å². The Morgan fingerprint density at radius 2 is 0.982 bits per heavy atom. The maximum Gasteiger partial charge on any atom is 0.135 e. The molecule has 0 aliphatic rings. The first-order valence-electron chi connectivity index (χ1n) is 18.7. The van der Waals surface area contributed by atoms with Crippen molar-refractivity contribution in [1.82, 2.24) is 0 Å². The molecule has 2 heterocycles. The summed E-state index contributed by atoms with van der Waals surface area (Å²) in [6.07, 6.45) is 0. The molecule has 0 unspecified atom stereocenters. The number of benzene rings is 9. The van der Waals surface area contributed by atoms with Gasteiger partial charge in [-0.05, 0) is 105 Å². The minimum atomic E-state index is 0.907. The number of anilines is 3. The van der Waals surface area contributed by atoms with Crippen molar-refractivity contribution in [3.63, 3.8) is 0 Å². The lowest BCUT2D eigenvalue weighted by Gasteiger charge is -2.28. The van der Waals surface area contributed by atoms with Crippen molar-refractivity contribution in [3.8, 4) is 33.4 Å². The van der Waals surface area contributed by atoms with Crippen molar-refractivity contribution in [3.05, 3.63) is 200 Å². The molecule has 0 N–H and O–H groups in total. The molecule has 3 heteroatoms. The molecule has 55 heavy (non-hydrogen) atoms. The van der Waals surface area contributed by atoms with Crippen LogP contribution in [-0.4, -0.2) is 0 Å². The molecule has 0 atom stereocenters. The third-order valence-corrected chi connectivity index (χ3v) is 12.0. The van der Waals surface area contributed by atoms with Gasteiger partial charge in [-0.15, -0.1) is 11.3 Å². The molecule has 0 amide bonds. The Morgan fingerprint density at radius 1 is 0.345 bits per heavy atom. The first-order valence-corrected chi connectivity index (χ1v) is 19.5. The average Bonchev–Trinajstić information content (AvgIpc) is 3.82. The minimum Gasteiger partial charge on any atom is -0.456 e. The van der Waals surface area contributed by atoms with Crippen LogP contribution < -0.4 is 4.90 Å². The van der Waals surface area contributed by atoms with E-state index in [9.17, 15) is 0 Å². The summed E-state index contributed by atoms with van der Waals surface area (Å²) in [4.78, 5) is 2.41. The first kappa shape index (κ1) is 31.6. The topological polar surface area (TPSA) is 16.4 Å². The highest BCUT2D eigenvalue weighted by molar-refractivity contribution is 7.25. The molecular formula is C52H33NOS. The van der Waals surface area contributed by atoms with Crippen molar-refractivity contribution in [1.29, 1.82) is 0 Å². The van der Waals surface area contributed by atoms with Crippen LogP contribution in [0, 0.1) is 0 Å². The number of hydrogen-bond acceptors (Lipinski definition) is 3. The third kappa shape index (κ3) is 5.40. The van der Waals surface area contributed by atoms with Gasteiger partial charge in [0.25, 0.3) is 0 Å². The predicted octanol–water partition coefficient (Wildman–Crippen LogP) is 15.6. The molecule has 0 radical (unpaired) electrons. The molecule has 0 bridgehead atoms. The quantitative estimate of drug-likeness (QED) is 0.170. The number of rotatable bonds is 6. The van der Waals surface area contributed by atoms with Gasteiger partial charge in [-0.1, -0.05) is 133 Å². The van der Waals surface area contributed by atoms with E-state index in [4.69, 9.17) is 4.42 Å². The summed E-state index contributed by atoms with van der Waals surface area (Å²) in [5.74, 6) is 0. The van der Waals surface area contributed by atoms with E-state index in [1.807, 2.05) is 23.5 Å². The molecule has 0 aliphatic heterocycles. The second-order valence-electron chi connectivity index (χ2n) is 14.1. The van der Waals surface area contributed by atoms with Gasteiger partial charge in [0, 0.05) is 47.9 Å². The number of fused-ring (bicyclic) bond motifs is 7. The van der Waals surface area contributed by atoms with E-state index in [-0.39, 0.29) is 0 Å². The van der Waals surface area contributed by atoms with Crippen LogP contribution >= 0.6 is 11.3 Å². The molecular weight excluding hydrogens is 687 g/mol. The summed E-state index contributed by atoms with van der Waals surface area (Å²) in [6, 6.07) is 72.4. The van der Waals surface area contributed by atoms with Gasteiger partial charge in [-0.2, -0.15) is 0 Å². The Hall–Kier alpha value is -6.94. The summed E-state index contributed by atoms with van der Waals surface area (Å²) in [7, 11) is 0. The Bertz CT molecular complexity index is 3220. The molecule has 0 spiro atoms. The molecule has 0 saturated heterocycles. The molecule has 2 aromatic heterocycles. The number of nitrogens with zero attached hydrogens (tertiary/aromatic N) is 1. The van der Waals surface area contributed by atoms with Crippen LogP contribution in [0.15, 0.2) is 205 Å². The van der Waals surface area contributed by atoms with Crippen molar-refractivity contribution in [2.45, 2.75) is 0 Å². The lowest BCUT2D eigenvalue weighted by atomic mass is 9.96. The normalized spacial score (nSPS) is 11.6. The predicted molar refractivity (Wildman–Crippen MR) is 235 cm³/mol. The van der Waals surface area contributed by atoms with Gasteiger partial charge in [-0.3, -0.25) is 0 Å². The van der Waals surface area contributed by atoms with E-state index < -0.39 is 0 Å². The van der Waals surface area contributed by atoms with Crippen LogP contribution in [0.1, 0.15) is 0 Å². The maximum atomic E-state index is 6.14. The smallest absolute Gasteiger partial charge is 0.135 e. The van der Waals surface area contributed by atoms with Gasteiger partial charge in [0.2, 0.25) is 0 Å². The van der Waals surface area contributed by atoms with Gasteiger partial charge in [0.05, 0.1) is 5.69 Å². The average molecular weight is 720 g/mol. The van der Waals surface area contributed by atoms with E-state index in [2.05, 4.69) is 193 Å². The highest BCUT2D eigenvalue weighted by Crippen LogP contribution is 2.45. The SMILES string of the molecule is c1cc(-c2cccc3ccccc23)cc(N(c2ccc(-c3ccc4oc5ccccc5c4c3)cc2)c2ccccc2-c2ccc3sc4ccccc4c3c2)c1. The second kappa shape index (κ2) is 12.9. The van der Waals surface area contributed by atoms with Crippen LogP contribution in [0.25, 0.3) is 86.3 Å². The zero-order valence-electron chi connectivity index (χ0n) is 29.8. The van der Waals surface area contributed by atoms with Crippen LogP contribution in [0.4, 0.5) is 17.1 Å². The molecule has 2 nitrogen and oxygen atoms in total. The summed E-state index contributed by atoms with van der Waals surface area (Å²) in [5, 5.41) is 7.35. The summed E-state index contributed by atoms with van der Waals surface area (Å²) < 4.78 is 8.76. The molecule has 9 aromatic carbocycles. The summed E-state index contributed by atoms with van der Waals surface area (Å²) >= 11 is 1.86. The van der Waals surface area contributed by atoms with Crippen LogP contribution in [0.2, 0.25) is 0 Å². The van der Waals surface area contributed by atoms with Crippen molar-refractivity contribution in [2.75, 3.05) is 4.90 Å². The van der Waals surface area contributed by atoms with Gasteiger partial charge < -0.3 is 9.32 Å². The van der Waals surface area contributed by atoms with Crippen molar-refractivity contribution < 1.29 is 4.42 Å². The number of furan rings is 1. The Kier molecular flexibility index (Phi) is 7.39. The van der Waals surface area contributed by atoms with Gasteiger partial charge in [-0.25, -0.2) is 0 Å². The summed E-state index contributed by atoms with van der Waals surface area (Å²) in [6.45, 7) is 0. The molecule has 0 fully saturated rings. The Labute approximate surface area is 322 Å². The molecule has 11 aromatic rings. The lowest BCUT2D eigenvalue weighted by Crippen LogP contribution is -2.11. The molecule has 11 rings (SSSR count). The van der Waals surface area contributed by atoms with Crippen molar-refractivity contribution >= 4 is 81.3 Å². The zero-order valence-corrected chi connectivity index (χ0v) is 30.6. The second-order valence-corrected chi connectivity index (χ2v) is 15.2. The highest BCUT2D eigenvalue weighted by atomic mass is 32.1. The van der Waals surface area contributed by atoms with E-state index >= 15 is 0 Å². The van der Waals surface area contributed by atoms with E-state index in [0.29, 0.717) is 0 Å². The van der Waals surface area contributed by atoms with Gasteiger partial charge in [0.1, 0.15) is 11.2 Å². The standard InChI is InChI=1S/C52H33NOS/c1-2-15-41-35(11-1)12-10-19-42(41)37-13-9-14-40(31-37)53(39-27-23-34(24-28-39)36-25-29-50-46(32-36)44-17-4-7-21-49(44)54-50)48-20-6-3-16-43(48)38-26-30-52-47(33-38)45-18-5-8-22-51(45)55-52/h1-33H.